The topological polar surface area (TPSA) is 58.4 Å². The second-order valence-corrected chi connectivity index (χ2v) is 3.46. The van der Waals surface area contributed by atoms with Crippen molar-refractivity contribution in [3.63, 3.8) is 0 Å². The van der Waals surface area contributed by atoms with Gasteiger partial charge in [0.25, 0.3) is 0 Å². The molecule has 0 aromatic carbocycles. The van der Waals surface area contributed by atoms with Crippen LogP contribution >= 0.6 is 0 Å². The fourth-order valence-corrected chi connectivity index (χ4v) is 2.03. The van der Waals surface area contributed by atoms with E-state index in [1.54, 1.807) is 0 Å². The maximum atomic E-state index is 11.1. The number of nitrogens with zero attached hydrogens (tertiary/aromatic N) is 1. The van der Waals surface area contributed by atoms with Crippen LogP contribution in [0.15, 0.2) is 0 Å². The van der Waals surface area contributed by atoms with Gasteiger partial charge in [-0.2, -0.15) is 0 Å². The second-order valence-electron chi connectivity index (χ2n) is 3.46. The average molecular weight is 185 g/mol. The second kappa shape index (κ2) is 4.58. The molecule has 0 spiro atoms. The van der Waals surface area contributed by atoms with Crippen molar-refractivity contribution in [1.82, 2.24) is 10.2 Å². The lowest BCUT2D eigenvalue weighted by Gasteiger charge is -2.28. The van der Waals surface area contributed by atoms with Gasteiger partial charge in [-0.25, -0.2) is 0 Å². The van der Waals surface area contributed by atoms with Crippen molar-refractivity contribution in [3.05, 3.63) is 0 Å². The highest BCUT2D eigenvalue weighted by atomic mass is 16.1. The number of likely N-dealkylation sites (N-methyl/N-ethyl adjacent to an activating group) is 1. The smallest absolute Gasteiger partial charge is 0.223 e. The molecule has 2 unspecified atom stereocenters. The minimum absolute atomic E-state index is 0.0140. The van der Waals surface area contributed by atoms with Crippen LogP contribution in [0.5, 0.6) is 0 Å². The highest BCUT2D eigenvalue weighted by molar-refractivity contribution is 5.78. The van der Waals surface area contributed by atoms with Crippen LogP contribution in [0.25, 0.3) is 0 Å². The van der Waals surface area contributed by atoms with Gasteiger partial charge in [0.2, 0.25) is 5.91 Å². The minimum Gasteiger partial charge on any atom is -0.369 e. The summed E-state index contributed by atoms with van der Waals surface area (Å²) in [6.45, 7) is 7.80. The largest absolute Gasteiger partial charge is 0.369 e. The van der Waals surface area contributed by atoms with Crippen LogP contribution in [0.2, 0.25) is 0 Å². The third-order valence-corrected chi connectivity index (χ3v) is 2.83. The van der Waals surface area contributed by atoms with Gasteiger partial charge >= 0.3 is 0 Å². The van der Waals surface area contributed by atoms with Crippen LogP contribution in [-0.4, -0.2) is 43.0 Å². The molecule has 0 saturated carbocycles. The van der Waals surface area contributed by atoms with E-state index in [0.29, 0.717) is 6.04 Å². The predicted molar refractivity (Wildman–Crippen MR) is 52.3 cm³/mol. The SMILES string of the molecule is CCN(CC)C1CNCC1C(N)=O. The average Bonchev–Trinajstić information content (AvgIpc) is 2.55. The lowest BCUT2D eigenvalue weighted by molar-refractivity contribution is -0.122. The summed E-state index contributed by atoms with van der Waals surface area (Å²) in [6.07, 6.45) is 0. The van der Waals surface area contributed by atoms with Gasteiger partial charge in [0.05, 0.1) is 5.92 Å². The van der Waals surface area contributed by atoms with Gasteiger partial charge in [-0.15, -0.1) is 0 Å². The van der Waals surface area contributed by atoms with E-state index in [9.17, 15) is 4.79 Å². The van der Waals surface area contributed by atoms with Gasteiger partial charge < -0.3 is 11.1 Å². The first-order valence-electron chi connectivity index (χ1n) is 4.94. The van der Waals surface area contributed by atoms with Gasteiger partial charge in [-0.3, -0.25) is 9.69 Å². The van der Waals surface area contributed by atoms with Crippen molar-refractivity contribution in [2.45, 2.75) is 19.9 Å². The molecule has 0 aromatic rings. The molecular formula is C9H19N3O. The molecule has 1 aliphatic rings. The van der Waals surface area contributed by atoms with Gasteiger partial charge in [0.15, 0.2) is 0 Å². The molecule has 1 amide bonds. The summed E-state index contributed by atoms with van der Waals surface area (Å²) in [5, 5.41) is 3.21. The van der Waals surface area contributed by atoms with Crippen LogP contribution in [0.1, 0.15) is 13.8 Å². The summed E-state index contributed by atoms with van der Waals surface area (Å²) >= 11 is 0. The van der Waals surface area contributed by atoms with E-state index in [1.165, 1.54) is 0 Å². The monoisotopic (exact) mass is 185 g/mol. The molecule has 1 aliphatic heterocycles. The molecule has 0 radical (unpaired) electrons. The van der Waals surface area contributed by atoms with Crippen LogP contribution in [-0.2, 0) is 4.79 Å². The minimum atomic E-state index is -0.179. The molecule has 13 heavy (non-hydrogen) atoms. The molecular weight excluding hydrogens is 166 g/mol. The number of amides is 1. The Balaban J connectivity index is 2.61. The van der Waals surface area contributed by atoms with Crippen LogP contribution in [0.3, 0.4) is 0 Å². The first kappa shape index (κ1) is 10.5. The van der Waals surface area contributed by atoms with Crippen molar-refractivity contribution in [2.75, 3.05) is 26.2 Å². The van der Waals surface area contributed by atoms with E-state index in [2.05, 4.69) is 24.1 Å². The highest BCUT2D eigenvalue weighted by Crippen LogP contribution is 2.14. The first-order chi connectivity index (χ1) is 6.20. The molecule has 4 nitrogen and oxygen atoms in total. The van der Waals surface area contributed by atoms with Gasteiger partial charge in [0.1, 0.15) is 0 Å². The third kappa shape index (κ3) is 2.19. The van der Waals surface area contributed by atoms with Crippen molar-refractivity contribution < 1.29 is 4.79 Å². The van der Waals surface area contributed by atoms with Crippen molar-refractivity contribution in [1.29, 1.82) is 0 Å². The molecule has 1 rings (SSSR count). The Labute approximate surface area is 79.5 Å². The lowest BCUT2D eigenvalue weighted by Crippen LogP contribution is -2.44. The Morgan fingerprint density at radius 1 is 1.46 bits per heavy atom. The molecule has 1 heterocycles. The number of carbonyl (C=O) groups excluding carboxylic acids is 1. The maximum absolute atomic E-state index is 11.1. The maximum Gasteiger partial charge on any atom is 0.223 e. The lowest BCUT2D eigenvalue weighted by atomic mass is 10.0. The summed E-state index contributed by atoms with van der Waals surface area (Å²) in [6, 6.07) is 0.299. The fraction of sp³-hybridized carbons (Fsp3) is 0.889. The highest BCUT2D eigenvalue weighted by Gasteiger charge is 2.34. The number of nitrogens with one attached hydrogen (secondary N) is 1. The number of hydrogen-bond acceptors (Lipinski definition) is 3. The van der Waals surface area contributed by atoms with Crippen molar-refractivity contribution >= 4 is 5.91 Å². The molecule has 1 fully saturated rings. The zero-order valence-corrected chi connectivity index (χ0v) is 8.42. The molecule has 4 heteroatoms. The number of nitrogens with two attached hydrogens (primary N) is 1. The van der Waals surface area contributed by atoms with E-state index < -0.39 is 0 Å². The molecule has 0 aromatic heterocycles. The quantitative estimate of drug-likeness (QED) is 0.615. The van der Waals surface area contributed by atoms with E-state index in [0.717, 1.165) is 26.2 Å². The van der Waals surface area contributed by atoms with E-state index >= 15 is 0 Å². The van der Waals surface area contributed by atoms with Crippen molar-refractivity contribution in [3.8, 4) is 0 Å². The predicted octanol–water partition coefficient (Wildman–Crippen LogP) is -0.598. The normalized spacial score (nSPS) is 28.2. The molecule has 0 aliphatic carbocycles. The van der Waals surface area contributed by atoms with Crippen LogP contribution < -0.4 is 11.1 Å². The fourth-order valence-electron chi connectivity index (χ4n) is 2.03. The number of rotatable bonds is 4. The summed E-state index contributed by atoms with van der Waals surface area (Å²) in [5.74, 6) is -0.193. The number of carbonyl (C=O) groups is 1. The zero-order chi connectivity index (χ0) is 9.84. The van der Waals surface area contributed by atoms with Gasteiger partial charge in [-0.05, 0) is 13.1 Å². The van der Waals surface area contributed by atoms with Gasteiger partial charge in [-0.1, -0.05) is 13.8 Å². The van der Waals surface area contributed by atoms with E-state index in [1.807, 2.05) is 0 Å². The molecule has 0 bridgehead atoms. The Bertz CT molecular complexity index is 180. The van der Waals surface area contributed by atoms with Gasteiger partial charge in [0, 0.05) is 19.1 Å². The first-order valence-corrected chi connectivity index (χ1v) is 4.94. The number of primary amides is 1. The molecule has 76 valence electrons. The Morgan fingerprint density at radius 2 is 2.08 bits per heavy atom. The third-order valence-electron chi connectivity index (χ3n) is 2.83. The standard InChI is InChI=1S/C9H19N3O/c1-3-12(4-2)8-6-11-5-7(8)9(10)13/h7-8,11H,3-6H2,1-2H3,(H2,10,13). The van der Waals surface area contributed by atoms with Crippen LogP contribution in [0, 0.1) is 5.92 Å². The Hall–Kier alpha value is -0.610. The molecule has 2 atom stereocenters. The zero-order valence-electron chi connectivity index (χ0n) is 8.42. The number of hydrogen-bond donors (Lipinski definition) is 2. The van der Waals surface area contributed by atoms with E-state index in [-0.39, 0.29) is 11.8 Å². The van der Waals surface area contributed by atoms with Crippen LogP contribution in [0.4, 0.5) is 0 Å². The molecule has 3 N–H and O–H groups in total. The summed E-state index contributed by atoms with van der Waals surface area (Å²) in [7, 11) is 0. The Kier molecular flexibility index (Phi) is 3.69. The molecule has 1 saturated heterocycles. The summed E-state index contributed by atoms with van der Waals surface area (Å²) < 4.78 is 0. The summed E-state index contributed by atoms with van der Waals surface area (Å²) in [4.78, 5) is 13.4. The Morgan fingerprint density at radius 3 is 2.54 bits per heavy atom. The van der Waals surface area contributed by atoms with E-state index in [4.69, 9.17) is 5.73 Å². The summed E-state index contributed by atoms with van der Waals surface area (Å²) in [5.41, 5.74) is 5.33. The van der Waals surface area contributed by atoms with Crippen molar-refractivity contribution in [2.24, 2.45) is 11.7 Å².